The Labute approximate surface area is 175 Å². The third-order valence-electron chi connectivity index (χ3n) is 4.89. The molecule has 0 saturated carbocycles. The maximum absolute atomic E-state index is 12.9. The van der Waals surface area contributed by atoms with Crippen LogP contribution in [0.3, 0.4) is 0 Å². The predicted octanol–water partition coefficient (Wildman–Crippen LogP) is 2.21. The number of halogens is 1. The molecule has 9 heteroatoms. The first-order valence-electron chi connectivity index (χ1n) is 9.74. The minimum atomic E-state index is -3.62. The van der Waals surface area contributed by atoms with E-state index in [4.69, 9.17) is 5.73 Å². The monoisotopic (exact) mass is 432 g/mol. The van der Waals surface area contributed by atoms with E-state index in [0.29, 0.717) is 31.6 Å². The molecule has 0 radical (unpaired) electrons. The third kappa shape index (κ3) is 5.83. The summed E-state index contributed by atoms with van der Waals surface area (Å²) in [6, 6.07) is 4.89. The molecule has 7 nitrogen and oxygen atoms in total. The Morgan fingerprint density at radius 1 is 1.25 bits per heavy atom. The standard InChI is InChI=1S/C19H32N4O3S.ClH/c1-4-23(5-2)27(25,26)16-8-9-18(22-12-6-7-13-22)17(14-16)19(24)21-11-10-15(3)20;/h8-9,14-15H,4-7,10-13,20H2,1-3H3,(H,21,24);1H. The second kappa shape index (κ2) is 11.0. The fraction of sp³-hybridized carbons (Fsp3) is 0.632. The molecule has 1 aromatic carbocycles. The van der Waals surface area contributed by atoms with Gasteiger partial charge in [0.25, 0.3) is 5.91 Å². The average molecular weight is 433 g/mol. The molecule has 0 aliphatic carbocycles. The van der Waals surface area contributed by atoms with Crippen molar-refractivity contribution >= 4 is 34.0 Å². The Hall–Kier alpha value is -1.35. The SMILES string of the molecule is CCN(CC)S(=O)(=O)c1ccc(N2CCCC2)c(C(=O)NCCC(C)N)c1.Cl. The first-order valence-corrected chi connectivity index (χ1v) is 11.2. The summed E-state index contributed by atoms with van der Waals surface area (Å²) in [5, 5.41) is 2.88. The number of carbonyl (C=O) groups is 1. The molecule has 1 aromatic rings. The molecule has 1 aliphatic heterocycles. The highest BCUT2D eigenvalue weighted by Crippen LogP contribution is 2.28. The fourth-order valence-electron chi connectivity index (χ4n) is 3.31. The van der Waals surface area contributed by atoms with E-state index in [-0.39, 0.29) is 29.3 Å². The molecule has 1 unspecified atom stereocenters. The van der Waals surface area contributed by atoms with Crippen molar-refractivity contribution in [2.24, 2.45) is 5.73 Å². The normalized spacial score (nSPS) is 15.4. The summed E-state index contributed by atoms with van der Waals surface area (Å²) in [6.45, 7) is 8.50. The van der Waals surface area contributed by atoms with E-state index in [0.717, 1.165) is 31.6 Å². The van der Waals surface area contributed by atoms with Crippen molar-refractivity contribution in [3.05, 3.63) is 23.8 Å². The van der Waals surface area contributed by atoms with Crippen LogP contribution in [0, 0.1) is 0 Å². The van der Waals surface area contributed by atoms with Crippen LogP contribution in [0.2, 0.25) is 0 Å². The van der Waals surface area contributed by atoms with E-state index in [1.54, 1.807) is 26.0 Å². The maximum atomic E-state index is 12.9. The van der Waals surface area contributed by atoms with Crippen molar-refractivity contribution in [1.29, 1.82) is 0 Å². The molecule has 1 amide bonds. The van der Waals surface area contributed by atoms with Gasteiger partial charge in [0.15, 0.2) is 0 Å². The number of rotatable bonds is 9. The number of nitrogens with one attached hydrogen (secondary N) is 1. The molecule has 1 fully saturated rings. The van der Waals surface area contributed by atoms with Crippen LogP contribution in [0.25, 0.3) is 0 Å². The summed E-state index contributed by atoms with van der Waals surface area (Å²) in [6.07, 6.45) is 2.82. The highest BCUT2D eigenvalue weighted by molar-refractivity contribution is 7.89. The molecule has 1 saturated heterocycles. The summed E-state index contributed by atoms with van der Waals surface area (Å²) in [5.41, 5.74) is 6.96. The Balaban J connectivity index is 0.00000392. The zero-order valence-electron chi connectivity index (χ0n) is 17.0. The van der Waals surface area contributed by atoms with Gasteiger partial charge in [-0.3, -0.25) is 4.79 Å². The molecule has 1 aliphatic rings. The summed E-state index contributed by atoms with van der Waals surface area (Å²) < 4.78 is 27.1. The first-order chi connectivity index (χ1) is 12.8. The lowest BCUT2D eigenvalue weighted by Gasteiger charge is -2.23. The number of anilines is 1. The van der Waals surface area contributed by atoms with Crippen LogP contribution < -0.4 is 16.0 Å². The Morgan fingerprint density at radius 2 is 1.86 bits per heavy atom. The van der Waals surface area contributed by atoms with Crippen molar-refractivity contribution in [2.45, 2.75) is 51.0 Å². The number of hydrogen-bond donors (Lipinski definition) is 2. The summed E-state index contributed by atoms with van der Waals surface area (Å²) in [5.74, 6) is -0.255. The maximum Gasteiger partial charge on any atom is 0.253 e. The molecule has 28 heavy (non-hydrogen) atoms. The van der Waals surface area contributed by atoms with E-state index < -0.39 is 10.0 Å². The number of nitrogens with two attached hydrogens (primary N) is 1. The van der Waals surface area contributed by atoms with Gasteiger partial charge in [-0.05, 0) is 44.4 Å². The number of benzene rings is 1. The van der Waals surface area contributed by atoms with Gasteiger partial charge in [0, 0.05) is 44.5 Å². The number of hydrogen-bond acceptors (Lipinski definition) is 5. The molecule has 0 spiro atoms. The van der Waals surface area contributed by atoms with Crippen LogP contribution in [-0.2, 0) is 10.0 Å². The molecule has 0 aromatic heterocycles. The average Bonchev–Trinajstić information content (AvgIpc) is 3.16. The van der Waals surface area contributed by atoms with E-state index in [9.17, 15) is 13.2 Å². The van der Waals surface area contributed by atoms with Crippen LogP contribution in [0.15, 0.2) is 23.1 Å². The van der Waals surface area contributed by atoms with E-state index in [1.807, 2.05) is 6.92 Å². The third-order valence-corrected chi connectivity index (χ3v) is 6.93. The van der Waals surface area contributed by atoms with Crippen molar-refractivity contribution < 1.29 is 13.2 Å². The highest BCUT2D eigenvalue weighted by atomic mass is 35.5. The van der Waals surface area contributed by atoms with Gasteiger partial charge in [-0.15, -0.1) is 12.4 Å². The van der Waals surface area contributed by atoms with Crippen molar-refractivity contribution in [3.63, 3.8) is 0 Å². The lowest BCUT2D eigenvalue weighted by Crippen LogP contribution is -2.32. The van der Waals surface area contributed by atoms with Gasteiger partial charge in [0.2, 0.25) is 10.0 Å². The minimum absolute atomic E-state index is 0. The number of amides is 1. The highest BCUT2D eigenvalue weighted by Gasteiger charge is 2.26. The van der Waals surface area contributed by atoms with Crippen LogP contribution in [0.5, 0.6) is 0 Å². The molecule has 1 atom stereocenters. The van der Waals surface area contributed by atoms with Crippen molar-refractivity contribution in [2.75, 3.05) is 37.6 Å². The summed E-state index contributed by atoms with van der Waals surface area (Å²) in [4.78, 5) is 15.1. The van der Waals surface area contributed by atoms with Gasteiger partial charge >= 0.3 is 0 Å². The van der Waals surface area contributed by atoms with Crippen LogP contribution in [-0.4, -0.2) is 57.4 Å². The van der Waals surface area contributed by atoms with Gasteiger partial charge in [0.05, 0.1) is 10.5 Å². The van der Waals surface area contributed by atoms with Crippen molar-refractivity contribution in [1.82, 2.24) is 9.62 Å². The number of sulfonamides is 1. The lowest BCUT2D eigenvalue weighted by molar-refractivity contribution is 0.0953. The van der Waals surface area contributed by atoms with E-state index in [1.165, 1.54) is 10.4 Å². The minimum Gasteiger partial charge on any atom is -0.371 e. The molecular weight excluding hydrogens is 400 g/mol. The Kier molecular flexibility index (Phi) is 9.69. The quantitative estimate of drug-likeness (QED) is 0.623. The fourth-order valence-corrected chi connectivity index (χ4v) is 4.80. The largest absolute Gasteiger partial charge is 0.371 e. The van der Waals surface area contributed by atoms with E-state index >= 15 is 0 Å². The van der Waals surface area contributed by atoms with Crippen LogP contribution in [0.1, 0.15) is 50.4 Å². The van der Waals surface area contributed by atoms with Crippen molar-refractivity contribution in [3.8, 4) is 0 Å². The number of carbonyl (C=O) groups excluding carboxylic acids is 1. The van der Waals surface area contributed by atoms with Gasteiger partial charge < -0.3 is 16.0 Å². The van der Waals surface area contributed by atoms with Gasteiger partial charge in [-0.1, -0.05) is 13.8 Å². The number of nitrogens with zero attached hydrogens (tertiary/aromatic N) is 2. The second-order valence-electron chi connectivity index (χ2n) is 6.98. The molecule has 160 valence electrons. The molecule has 2 rings (SSSR count). The van der Waals surface area contributed by atoms with Crippen LogP contribution in [0.4, 0.5) is 5.69 Å². The second-order valence-corrected chi connectivity index (χ2v) is 8.92. The van der Waals surface area contributed by atoms with E-state index in [2.05, 4.69) is 10.2 Å². The topological polar surface area (TPSA) is 95.7 Å². The molecule has 3 N–H and O–H groups in total. The molecular formula is C19H33ClN4O3S. The molecule has 1 heterocycles. The molecule has 0 bridgehead atoms. The lowest BCUT2D eigenvalue weighted by atomic mass is 10.1. The zero-order valence-corrected chi connectivity index (χ0v) is 18.6. The Bertz CT molecular complexity index is 746. The van der Waals surface area contributed by atoms with Gasteiger partial charge in [-0.2, -0.15) is 4.31 Å². The van der Waals surface area contributed by atoms with Crippen LogP contribution >= 0.6 is 12.4 Å². The Morgan fingerprint density at radius 3 is 2.39 bits per heavy atom. The summed E-state index contributed by atoms with van der Waals surface area (Å²) in [7, 11) is -3.62. The smallest absolute Gasteiger partial charge is 0.253 e. The van der Waals surface area contributed by atoms with Gasteiger partial charge in [-0.25, -0.2) is 8.42 Å². The first kappa shape index (κ1) is 24.7. The predicted molar refractivity (Wildman–Crippen MR) is 116 cm³/mol. The van der Waals surface area contributed by atoms with Gasteiger partial charge in [0.1, 0.15) is 0 Å². The summed E-state index contributed by atoms with van der Waals surface area (Å²) >= 11 is 0. The zero-order chi connectivity index (χ0) is 20.0.